The average Bonchev–Trinajstić information content (AvgIpc) is 3.23. The third-order valence-electron chi connectivity index (χ3n) is 4.68. The van der Waals surface area contributed by atoms with E-state index < -0.39 is 0 Å². The SMILES string of the molecule is Cc1ccc(C2(C(=O)N3CCCNCC3)CC2)c(C)c1. The van der Waals surface area contributed by atoms with Gasteiger partial charge < -0.3 is 10.2 Å². The molecule has 0 aromatic heterocycles. The van der Waals surface area contributed by atoms with Crippen LogP contribution >= 0.6 is 0 Å². The minimum absolute atomic E-state index is 0.206. The predicted octanol–water partition coefficient (Wildman–Crippen LogP) is 2.16. The third kappa shape index (κ3) is 2.35. The first-order valence-electron chi connectivity index (χ1n) is 7.71. The van der Waals surface area contributed by atoms with Gasteiger partial charge in [-0.05, 0) is 50.8 Å². The Morgan fingerprint density at radius 1 is 1.20 bits per heavy atom. The molecule has 0 unspecified atom stereocenters. The van der Waals surface area contributed by atoms with Crippen LogP contribution in [0.1, 0.15) is 36.0 Å². The largest absolute Gasteiger partial charge is 0.341 e. The van der Waals surface area contributed by atoms with E-state index in [1.54, 1.807) is 0 Å². The zero-order chi connectivity index (χ0) is 14.2. The Morgan fingerprint density at radius 2 is 2.00 bits per heavy atom. The van der Waals surface area contributed by atoms with E-state index in [0.29, 0.717) is 5.91 Å². The lowest BCUT2D eigenvalue weighted by molar-refractivity contribution is -0.133. The Kier molecular flexibility index (Phi) is 3.55. The number of carbonyl (C=O) groups is 1. The summed E-state index contributed by atoms with van der Waals surface area (Å²) in [5.41, 5.74) is 3.59. The van der Waals surface area contributed by atoms with Gasteiger partial charge in [0.25, 0.3) is 0 Å². The van der Waals surface area contributed by atoms with Crippen molar-refractivity contribution in [1.29, 1.82) is 0 Å². The van der Waals surface area contributed by atoms with Crippen molar-refractivity contribution >= 4 is 5.91 Å². The summed E-state index contributed by atoms with van der Waals surface area (Å²) in [6.45, 7) is 7.96. The molecule has 1 saturated heterocycles. The second kappa shape index (κ2) is 5.21. The summed E-state index contributed by atoms with van der Waals surface area (Å²) >= 11 is 0. The fraction of sp³-hybridized carbons (Fsp3) is 0.588. The van der Waals surface area contributed by atoms with E-state index in [0.717, 1.165) is 45.4 Å². The Labute approximate surface area is 121 Å². The molecule has 1 aliphatic carbocycles. The quantitative estimate of drug-likeness (QED) is 0.895. The highest BCUT2D eigenvalue weighted by Crippen LogP contribution is 2.50. The van der Waals surface area contributed by atoms with E-state index in [1.807, 2.05) is 0 Å². The first kappa shape index (κ1) is 13.6. The predicted molar refractivity (Wildman–Crippen MR) is 80.9 cm³/mol. The number of aryl methyl sites for hydroxylation is 2. The van der Waals surface area contributed by atoms with E-state index in [-0.39, 0.29) is 5.41 Å². The van der Waals surface area contributed by atoms with Crippen LogP contribution in [-0.4, -0.2) is 37.0 Å². The van der Waals surface area contributed by atoms with Crippen LogP contribution in [0.2, 0.25) is 0 Å². The molecule has 3 nitrogen and oxygen atoms in total. The number of nitrogens with one attached hydrogen (secondary N) is 1. The number of rotatable bonds is 2. The maximum atomic E-state index is 13.0. The van der Waals surface area contributed by atoms with Gasteiger partial charge >= 0.3 is 0 Å². The number of hydrogen-bond acceptors (Lipinski definition) is 2. The molecule has 2 aliphatic rings. The van der Waals surface area contributed by atoms with Crippen molar-refractivity contribution < 1.29 is 4.79 Å². The van der Waals surface area contributed by atoms with Crippen LogP contribution in [0.5, 0.6) is 0 Å². The third-order valence-corrected chi connectivity index (χ3v) is 4.68. The molecule has 20 heavy (non-hydrogen) atoms. The van der Waals surface area contributed by atoms with Crippen LogP contribution in [0, 0.1) is 13.8 Å². The van der Waals surface area contributed by atoms with Gasteiger partial charge in [-0.1, -0.05) is 23.8 Å². The Hall–Kier alpha value is -1.35. The van der Waals surface area contributed by atoms with E-state index in [1.165, 1.54) is 16.7 Å². The number of carbonyl (C=O) groups excluding carboxylic acids is 1. The normalized spacial score (nSPS) is 21.4. The van der Waals surface area contributed by atoms with E-state index in [9.17, 15) is 4.79 Å². The summed E-state index contributed by atoms with van der Waals surface area (Å²) in [6, 6.07) is 6.51. The van der Waals surface area contributed by atoms with Gasteiger partial charge in [0.15, 0.2) is 0 Å². The highest BCUT2D eigenvalue weighted by atomic mass is 16.2. The van der Waals surface area contributed by atoms with Crippen LogP contribution in [0.15, 0.2) is 18.2 Å². The average molecular weight is 272 g/mol. The fourth-order valence-electron chi connectivity index (χ4n) is 3.43. The molecular formula is C17H24N2O. The Bertz CT molecular complexity index is 512. The summed E-state index contributed by atoms with van der Waals surface area (Å²) in [4.78, 5) is 15.0. The van der Waals surface area contributed by atoms with Gasteiger partial charge in [0.05, 0.1) is 5.41 Å². The molecule has 0 spiro atoms. The maximum Gasteiger partial charge on any atom is 0.233 e. The van der Waals surface area contributed by atoms with Gasteiger partial charge in [-0.2, -0.15) is 0 Å². The number of amides is 1. The van der Waals surface area contributed by atoms with Crippen LogP contribution in [0.3, 0.4) is 0 Å². The second-order valence-corrected chi connectivity index (χ2v) is 6.30. The highest BCUT2D eigenvalue weighted by Gasteiger charge is 2.53. The van der Waals surface area contributed by atoms with E-state index >= 15 is 0 Å². The van der Waals surface area contributed by atoms with Gasteiger partial charge in [-0.3, -0.25) is 4.79 Å². The zero-order valence-electron chi connectivity index (χ0n) is 12.5. The molecule has 3 rings (SSSR count). The topological polar surface area (TPSA) is 32.3 Å². The van der Waals surface area contributed by atoms with Crippen molar-refractivity contribution in [1.82, 2.24) is 10.2 Å². The number of benzene rings is 1. The summed E-state index contributed by atoms with van der Waals surface area (Å²) in [5.74, 6) is 0.355. The summed E-state index contributed by atoms with van der Waals surface area (Å²) < 4.78 is 0. The first-order valence-corrected chi connectivity index (χ1v) is 7.71. The first-order chi connectivity index (χ1) is 9.63. The number of nitrogens with zero attached hydrogens (tertiary/aromatic N) is 1. The van der Waals surface area contributed by atoms with Gasteiger partial charge in [0.1, 0.15) is 0 Å². The Balaban J connectivity index is 1.86. The molecule has 1 amide bonds. The van der Waals surface area contributed by atoms with Crippen molar-refractivity contribution in [3.05, 3.63) is 34.9 Å². The second-order valence-electron chi connectivity index (χ2n) is 6.30. The summed E-state index contributed by atoms with van der Waals surface area (Å²) in [6.07, 6.45) is 3.09. The van der Waals surface area contributed by atoms with Gasteiger partial charge in [0, 0.05) is 19.6 Å². The fourth-order valence-corrected chi connectivity index (χ4v) is 3.43. The molecule has 1 heterocycles. The molecule has 1 aliphatic heterocycles. The molecule has 1 saturated carbocycles. The molecule has 0 bridgehead atoms. The van der Waals surface area contributed by atoms with Crippen LogP contribution in [-0.2, 0) is 10.2 Å². The molecule has 3 heteroatoms. The minimum atomic E-state index is -0.206. The molecule has 1 aromatic carbocycles. The van der Waals surface area contributed by atoms with Gasteiger partial charge in [0.2, 0.25) is 5.91 Å². The van der Waals surface area contributed by atoms with E-state index in [2.05, 4.69) is 42.3 Å². The smallest absolute Gasteiger partial charge is 0.233 e. The lowest BCUT2D eigenvalue weighted by Gasteiger charge is -2.27. The standard InChI is InChI=1S/C17H24N2O/c1-13-4-5-15(14(2)12-13)17(6-7-17)16(20)19-10-3-8-18-9-11-19/h4-5,12,18H,3,6-11H2,1-2H3. The molecule has 0 radical (unpaired) electrons. The highest BCUT2D eigenvalue weighted by molar-refractivity contribution is 5.91. The van der Waals surface area contributed by atoms with E-state index in [4.69, 9.17) is 0 Å². The summed E-state index contributed by atoms with van der Waals surface area (Å²) in [5, 5.41) is 3.37. The lowest BCUT2D eigenvalue weighted by Crippen LogP contribution is -2.41. The van der Waals surface area contributed by atoms with Gasteiger partial charge in [-0.15, -0.1) is 0 Å². The molecular weight excluding hydrogens is 248 g/mol. The lowest BCUT2D eigenvalue weighted by atomic mass is 9.89. The van der Waals surface area contributed by atoms with Crippen molar-refractivity contribution in [3.63, 3.8) is 0 Å². The van der Waals surface area contributed by atoms with Crippen LogP contribution in [0.4, 0.5) is 0 Å². The Morgan fingerprint density at radius 3 is 2.70 bits per heavy atom. The van der Waals surface area contributed by atoms with Crippen LogP contribution in [0.25, 0.3) is 0 Å². The van der Waals surface area contributed by atoms with Crippen molar-refractivity contribution in [2.24, 2.45) is 0 Å². The monoisotopic (exact) mass is 272 g/mol. The summed E-state index contributed by atoms with van der Waals surface area (Å²) in [7, 11) is 0. The number of hydrogen-bond donors (Lipinski definition) is 1. The molecule has 0 atom stereocenters. The maximum absolute atomic E-state index is 13.0. The van der Waals surface area contributed by atoms with Crippen molar-refractivity contribution in [2.45, 2.75) is 38.5 Å². The van der Waals surface area contributed by atoms with Crippen molar-refractivity contribution in [2.75, 3.05) is 26.2 Å². The molecule has 1 N–H and O–H groups in total. The molecule has 2 fully saturated rings. The minimum Gasteiger partial charge on any atom is -0.341 e. The van der Waals surface area contributed by atoms with Crippen molar-refractivity contribution in [3.8, 4) is 0 Å². The van der Waals surface area contributed by atoms with Crippen LogP contribution < -0.4 is 5.32 Å². The molecule has 108 valence electrons. The molecule has 1 aromatic rings. The van der Waals surface area contributed by atoms with Gasteiger partial charge in [-0.25, -0.2) is 0 Å². The zero-order valence-corrected chi connectivity index (χ0v) is 12.5.